The molecule has 1 aliphatic carbocycles. The molecule has 1 aliphatic rings. The van der Waals surface area contributed by atoms with Crippen molar-refractivity contribution < 1.29 is 0 Å². The Bertz CT molecular complexity index is 114. The molecule has 1 fully saturated rings. The first-order chi connectivity index (χ1) is 6.36. The second kappa shape index (κ2) is 6.75. The van der Waals surface area contributed by atoms with Crippen LogP contribution in [0.3, 0.4) is 0 Å². The van der Waals surface area contributed by atoms with Crippen LogP contribution in [-0.4, -0.2) is 10.5 Å². The summed E-state index contributed by atoms with van der Waals surface area (Å²) in [7, 11) is 0. The first-order valence-corrected chi connectivity index (χ1v) is 6.96. The van der Waals surface area contributed by atoms with Gasteiger partial charge >= 0.3 is 0 Å². The number of rotatable bonds is 5. The minimum Gasteiger partial charge on any atom is -0.155 e. The highest BCUT2D eigenvalue weighted by Crippen LogP contribution is 2.33. The standard InChI is InChI=1S/C12H24S/c1-3-8-11(4-2)13-12-9-6-5-7-10-12/h11-12H,3-10H2,1-2H3. The van der Waals surface area contributed by atoms with Gasteiger partial charge in [-0.05, 0) is 25.7 Å². The summed E-state index contributed by atoms with van der Waals surface area (Å²) in [6.45, 7) is 4.65. The highest BCUT2D eigenvalue weighted by molar-refractivity contribution is 8.00. The van der Waals surface area contributed by atoms with Gasteiger partial charge in [0.25, 0.3) is 0 Å². The van der Waals surface area contributed by atoms with Gasteiger partial charge in [0.1, 0.15) is 0 Å². The smallest absolute Gasteiger partial charge is 0.00498 e. The van der Waals surface area contributed by atoms with Gasteiger partial charge in [-0.15, -0.1) is 0 Å². The maximum Gasteiger partial charge on any atom is 0.00498 e. The summed E-state index contributed by atoms with van der Waals surface area (Å²) in [5, 5.41) is 1.96. The van der Waals surface area contributed by atoms with E-state index in [-0.39, 0.29) is 0 Å². The number of thioether (sulfide) groups is 1. The molecule has 0 heterocycles. The van der Waals surface area contributed by atoms with Crippen LogP contribution in [0.4, 0.5) is 0 Å². The first-order valence-electron chi connectivity index (χ1n) is 6.02. The van der Waals surface area contributed by atoms with Crippen molar-refractivity contribution in [1.29, 1.82) is 0 Å². The molecule has 0 amide bonds. The van der Waals surface area contributed by atoms with E-state index < -0.39 is 0 Å². The van der Waals surface area contributed by atoms with Crippen LogP contribution in [0.15, 0.2) is 0 Å². The molecule has 1 heteroatoms. The fourth-order valence-corrected chi connectivity index (χ4v) is 3.88. The molecule has 78 valence electrons. The highest BCUT2D eigenvalue weighted by Gasteiger charge is 2.17. The van der Waals surface area contributed by atoms with E-state index in [9.17, 15) is 0 Å². The van der Waals surface area contributed by atoms with Gasteiger partial charge in [0.15, 0.2) is 0 Å². The zero-order valence-electron chi connectivity index (χ0n) is 9.22. The number of hydrogen-bond donors (Lipinski definition) is 0. The summed E-state index contributed by atoms with van der Waals surface area (Å²) in [5.41, 5.74) is 0. The zero-order chi connectivity index (χ0) is 9.52. The van der Waals surface area contributed by atoms with Crippen LogP contribution >= 0.6 is 11.8 Å². The van der Waals surface area contributed by atoms with Crippen molar-refractivity contribution >= 4 is 11.8 Å². The third-order valence-corrected chi connectivity index (χ3v) is 4.81. The average molecular weight is 200 g/mol. The maximum absolute atomic E-state index is 2.34. The maximum atomic E-state index is 2.34. The van der Waals surface area contributed by atoms with Crippen molar-refractivity contribution in [3.8, 4) is 0 Å². The predicted octanol–water partition coefficient (Wildman–Crippen LogP) is 4.63. The molecule has 0 bridgehead atoms. The van der Waals surface area contributed by atoms with Crippen LogP contribution in [-0.2, 0) is 0 Å². The van der Waals surface area contributed by atoms with Crippen LogP contribution in [0.2, 0.25) is 0 Å². The topological polar surface area (TPSA) is 0 Å². The summed E-state index contributed by atoms with van der Waals surface area (Å²) in [4.78, 5) is 0. The lowest BCUT2D eigenvalue weighted by atomic mass is 10.0. The van der Waals surface area contributed by atoms with Crippen LogP contribution < -0.4 is 0 Å². The molecule has 0 N–H and O–H groups in total. The van der Waals surface area contributed by atoms with Gasteiger partial charge in [-0.3, -0.25) is 0 Å². The minimum atomic E-state index is 0.952. The lowest BCUT2D eigenvalue weighted by molar-refractivity contribution is 0.513. The molecule has 1 atom stereocenters. The van der Waals surface area contributed by atoms with Crippen LogP contribution in [0.5, 0.6) is 0 Å². The summed E-state index contributed by atoms with van der Waals surface area (Å²) in [5.74, 6) is 0. The Hall–Kier alpha value is 0.350. The first kappa shape index (κ1) is 11.4. The largest absolute Gasteiger partial charge is 0.155 e. The Morgan fingerprint density at radius 2 is 1.85 bits per heavy atom. The molecule has 0 nitrogen and oxygen atoms in total. The van der Waals surface area contributed by atoms with Crippen molar-refractivity contribution in [2.24, 2.45) is 0 Å². The van der Waals surface area contributed by atoms with E-state index in [1.165, 1.54) is 51.4 Å². The Morgan fingerprint density at radius 1 is 1.15 bits per heavy atom. The zero-order valence-corrected chi connectivity index (χ0v) is 10.0. The second-order valence-corrected chi connectivity index (χ2v) is 5.82. The van der Waals surface area contributed by atoms with Crippen LogP contribution in [0.25, 0.3) is 0 Å². The molecule has 0 aromatic rings. The van der Waals surface area contributed by atoms with Gasteiger partial charge in [-0.25, -0.2) is 0 Å². The third kappa shape index (κ3) is 4.39. The van der Waals surface area contributed by atoms with Gasteiger partial charge in [0.05, 0.1) is 0 Å². The summed E-state index contributed by atoms with van der Waals surface area (Å²) in [6, 6.07) is 0. The Morgan fingerprint density at radius 3 is 2.38 bits per heavy atom. The quantitative estimate of drug-likeness (QED) is 0.623. The van der Waals surface area contributed by atoms with Gasteiger partial charge in [0, 0.05) is 10.5 Å². The molecule has 1 rings (SSSR count). The SMILES string of the molecule is CCCC(CC)SC1CCCCC1. The van der Waals surface area contributed by atoms with Gasteiger partial charge in [-0.1, -0.05) is 39.5 Å². The van der Waals surface area contributed by atoms with Crippen molar-refractivity contribution in [1.82, 2.24) is 0 Å². The van der Waals surface area contributed by atoms with E-state index in [2.05, 4.69) is 25.6 Å². The molecule has 0 aliphatic heterocycles. The fraction of sp³-hybridized carbons (Fsp3) is 1.00. The molecule has 1 unspecified atom stereocenters. The monoisotopic (exact) mass is 200 g/mol. The molecular weight excluding hydrogens is 176 g/mol. The fourth-order valence-electron chi connectivity index (χ4n) is 2.16. The van der Waals surface area contributed by atoms with E-state index in [1.54, 1.807) is 0 Å². The molecule has 0 aromatic carbocycles. The van der Waals surface area contributed by atoms with Crippen LogP contribution in [0.1, 0.15) is 65.2 Å². The van der Waals surface area contributed by atoms with Gasteiger partial charge < -0.3 is 0 Å². The summed E-state index contributed by atoms with van der Waals surface area (Å²) >= 11 is 2.29. The molecule has 1 saturated carbocycles. The Labute approximate surface area is 87.9 Å². The minimum absolute atomic E-state index is 0.952. The van der Waals surface area contributed by atoms with E-state index in [0.29, 0.717) is 0 Å². The predicted molar refractivity (Wildman–Crippen MR) is 63.5 cm³/mol. The van der Waals surface area contributed by atoms with Gasteiger partial charge in [-0.2, -0.15) is 11.8 Å². The Balaban J connectivity index is 2.18. The Kier molecular flexibility index (Phi) is 5.93. The molecule has 0 spiro atoms. The van der Waals surface area contributed by atoms with Crippen molar-refractivity contribution in [3.63, 3.8) is 0 Å². The van der Waals surface area contributed by atoms with Gasteiger partial charge in [0.2, 0.25) is 0 Å². The molecule has 13 heavy (non-hydrogen) atoms. The highest BCUT2D eigenvalue weighted by atomic mass is 32.2. The summed E-state index contributed by atoms with van der Waals surface area (Å²) < 4.78 is 0. The van der Waals surface area contributed by atoms with Crippen molar-refractivity contribution in [2.75, 3.05) is 0 Å². The van der Waals surface area contributed by atoms with E-state index >= 15 is 0 Å². The third-order valence-electron chi connectivity index (χ3n) is 3.00. The number of hydrogen-bond acceptors (Lipinski definition) is 1. The molecular formula is C12H24S. The lowest BCUT2D eigenvalue weighted by Crippen LogP contribution is -2.13. The second-order valence-electron chi connectivity index (χ2n) is 4.22. The summed E-state index contributed by atoms with van der Waals surface area (Å²) in [6.07, 6.45) is 11.6. The molecule has 0 aromatic heterocycles. The van der Waals surface area contributed by atoms with E-state index in [0.717, 1.165) is 10.5 Å². The van der Waals surface area contributed by atoms with Crippen LogP contribution in [0, 0.1) is 0 Å². The normalized spacial score (nSPS) is 21.7. The van der Waals surface area contributed by atoms with Crippen molar-refractivity contribution in [3.05, 3.63) is 0 Å². The average Bonchev–Trinajstić information content (AvgIpc) is 2.19. The van der Waals surface area contributed by atoms with E-state index in [1.807, 2.05) is 0 Å². The van der Waals surface area contributed by atoms with E-state index in [4.69, 9.17) is 0 Å². The lowest BCUT2D eigenvalue weighted by Gasteiger charge is -2.25. The molecule has 0 saturated heterocycles. The van der Waals surface area contributed by atoms with Crippen molar-refractivity contribution in [2.45, 2.75) is 75.7 Å². The molecule has 0 radical (unpaired) electrons.